The minimum atomic E-state index is 0.688. The van der Waals surface area contributed by atoms with Crippen LogP contribution >= 0.6 is 0 Å². The van der Waals surface area contributed by atoms with Crippen molar-refractivity contribution in [1.29, 1.82) is 0 Å². The van der Waals surface area contributed by atoms with E-state index in [0.29, 0.717) is 6.04 Å². The Morgan fingerprint density at radius 2 is 1.37 bits per heavy atom. The molecule has 4 nitrogen and oxygen atoms in total. The topological polar surface area (TPSA) is 13.0 Å². The van der Waals surface area contributed by atoms with Crippen LogP contribution in [0.3, 0.4) is 0 Å². The van der Waals surface area contributed by atoms with Crippen molar-refractivity contribution in [3.63, 3.8) is 0 Å². The number of rotatable bonds is 5. The summed E-state index contributed by atoms with van der Waals surface area (Å²) in [6.07, 6.45) is 2.34. The molecule has 0 N–H and O–H groups in total. The molecule has 19 heavy (non-hydrogen) atoms. The monoisotopic (exact) mass is 267 g/mol. The van der Waals surface area contributed by atoms with Gasteiger partial charge in [0.05, 0.1) is 0 Å². The summed E-state index contributed by atoms with van der Waals surface area (Å²) < 4.78 is 0. The highest BCUT2D eigenvalue weighted by Gasteiger charge is 2.22. The van der Waals surface area contributed by atoms with E-state index in [2.05, 4.69) is 40.6 Å². The van der Waals surface area contributed by atoms with Crippen molar-refractivity contribution in [2.45, 2.75) is 18.9 Å². The first-order valence-corrected chi connectivity index (χ1v) is 7.82. The molecule has 0 aromatic heterocycles. The molecule has 0 aliphatic carbocycles. The van der Waals surface area contributed by atoms with Gasteiger partial charge in [-0.15, -0.1) is 0 Å². The largest absolute Gasteiger partial charge is 0.304 e. The molecule has 2 fully saturated rings. The third kappa shape index (κ3) is 4.71. The Balaban J connectivity index is 1.70. The fourth-order valence-corrected chi connectivity index (χ4v) is 3.10. The second kappa shape index (κ2) is 7.58. The van der Waals surface area contributed by atoms with Crippen molar-refractivity contribution in [3.8, 4) is 0 Å². The van der Waals surface area contributed by atoms with Gasteiger partial charge in [0, 0.05) is 58.4 Å². The molecule has 0 spiro atoms. The van der Waals surface area contributed by atoms with E-state index >= 15 is 0 Å². The second-order valence-corrected chi connectivity index (χ2v) is 6.22. The summed E-state index contributed by atoms with van der Waals surface area (Å²) in [5, 5.41) is 0. The van der Waals surface area contributed by atoms with Crippen LogP contribution in [0.25, 0.3) is 0 Å². The molecule has 1 radical (unpaired) electrons. The zero-order chi connectivity index (χ0) is 13.7. The Hall–Kier alpha value is -0.160. The third-order valence-electron chi connectivity index (χ3n) is 4.76. The lowest BCUT2D eigenvalue weighted by Gasteiger charge is -2.39. The Morgan fingerprint density at radius 1 is 0.842 bits per heavy atom. The van der Waals surface area contributed by atoms with Gasteiger partial charge in [-0.25, -0.2) is 0 Å². The van der Waals surface area contributed by atoms with Crippen LogP contribution in [0, 0.1) is 6.92 Å². The zero-order valence-electron chi connectivity index (χ0n) is 12.9. The van der Waals surface area contributed by atoms with E-state index in [0.717, 1.165) is 6.42 Å². The van der Waals surface area contributed by atoms with Gasteiger partial charge in [-0.1, -0.05) is 6.92 Å². The van der Waals surface area contributed by atoms with Gasteiger partial charge in [0.1, 0.15) is 0 Å². The molecule has 0 bridgehead atoms. The van der Waals surface area contributed by atoms with Gasteiger partial charge in [-0.3, -0.25) is 4.90 Å². The van der Waals surface area contributed by atoms with E-state index in [-0.39, 0.29) is 0 Å². The van der Waals surface area contributed by atoms with Crippen molar-refractivity contribution >= 4 is 0 Å². The fraction of sp³-hybridized carbons (Fsp3) is 0.933. The van der Waals surface area contributed by atoms with Crippen molar-refractivity contribution in [2.75, 3.05) is 73.0 Å². The molecular formula is C15H31N4. The first-order chi connectivity index (χ1) is 9.19. The van der Waals surface area contributed by atoms with Gasteiger partial charge in [-0.2, -0.15) is 0 Å². The lowest BCUT2D eigenvalue weighted by Crippen LogP contribution is -2.50. The molecule has 2 heterocycles. The van der Waals surface area contributed by atoms with Crippen LogP contribution in [0.2, 0.25) is 0 Å². The van der Waals surface area contributed by atoms with Crippen LogP contribution in [0.1, 0.15) is 12.8 Å². The van der Waals surface area contributed by atoms with Gasteiger partial charge >= 0.3 is 0 Å². The molecular weight excluding hydrogens is 236 g/mol. The molecule has 0 amide bonds. The van der Waals surface area contributed by atoms with E-state index < -0.39 is 0 Å². The van der Waals surface area contributed by atoms with Crippen LogP contribution in [0.4, 0.5) is 0 Å². The SMILES string of the molecule is [CH2]CC(CCN1CCN(C)CC1)N1CCN(C)CC1. The average Bonchev–Trinajstić information content (AvgIpc) is 2.43. The van der Waals surface area contributed by atoms with Gasteiger partial charge in [-0.05, 0) is 33.5 Å². The fourth-order valence-electron chi connectivity index (χ4n) is 3.10. The third-order valence-corrected chi connectivity index (χ3v) is 4.76. The Bertz CT molecular complexity index is 243. The van der Waals surface area contributed by atoms with Crippen molar-refractivity contribution < 1.29 is 0 Å². The Kier molecular flexibility index (Phi) is 6.07. The predicted molar refractivity (Wildman–Crippen MR) is 81.4 cm³/mol. The van der Waals surface area contributed by atoms with Crippen LogP contribution in [-0.4, -0.2) is 98.6 Å². The van der Waals surface area contributed by atoms with E-state index in [9.17, 15) is 0 Å². The molecule has 2 rings (SSSR count). The highest BCUT2D eigenvalue weighted by molar-refractivity contribution is 4.80. The maximum absolute atomic E-state index is 4.17. The molecule has 0 aromatic carbocycles. The van der Waals surface area contributed by atoms with E-state index in [1.54, 1.807) is 0 Å². The summed E-state index contributed by atoms with van der Waals surface area (Å²) in [6.45, 7) is 15.2. The normalized spacial score (nSPS) is 26.7. The first-order valence-electron chi connectivity index (χ1n) is 7.82. The highest BCUT2D eigenvalue weighted by Crippen LogP contribution is 2.13. The molecule has 1 unspecified atom stereocenters. The van der Waals surface area contributed by atoms with Crippen LogP contribution < -0.4 is 0 Å². The Labute approximate surface area is 119 Å². The summed E-state index contributed by atoms with van der Waals surface area (Å²) in [5.74, 6) is 0. The summed E-state index contributed by atoms with van der Waals surface area (Å²) in [5.41, 5.74) is 0. The smallest absolute Gasteiger partial charge is 0.0113 e. The first kappa shape index (κ1) is 15.2. The maximum atomic E-state index is 4.17. The molecule has 0 aromatic rings. The summed E-state index contributed by atoms with van der Waals surface area (Å²) >= 11 is 0. The summed E-state index contributed by atoms with van der Waals surface area (Å²) in [4.78, 5) is 10.1. The van der Waals surface area contributed by atoms with Crippen molar-refractivity contribution in [2.24, 2.45) is 0 Å². The highest BCUT2D eigenvalue weighted by atomic mass is 15.3. The molecule has 0 saturated carbocycles. The Morgan fingerprint density at radius 3 is 1.89 bits per heavy atom. The average molecular weight is 267 g/mol. The molecule has 2 aliphatic rings. The number of likely N-dealkylation sites (N-methyl/N-ethyl adjacent to an activating group) is 2. The quantitative estimate of drug-likeness (QED) is 0.717. The molecule has 2 aliphatic heterocycles. The van der Waals surface area contributed by atoms with Crippen LogP contribution in [0.15, 0.2) is 0 Å². The molecule has 2 saturated heterocycles. The van der Waals surface area contributed by atoms with Crippen LogP contribution in [0.5, 0.6) is 0 Å². The molecule has 1 atom stereocenters. The zero-order valence-corrected chi connectivity index (χ0v) is 12.9. The van der Waals surface area contributed by atoms with Gasteiger partial charge in [0.2, 0.25) is 0 Å². The second-order valence-electron chi connectivity index (χ2n) is 6.22. The number of hydrogen-bond acceptors (Lipinski definition) is 4. The number of nitrogens with zero attached hydrogens (tertiary/aromatic N) is 4. The summed E-state index contributed by atoms with van der Waals surface area (Å²) in [6, 6.07) is 0.688. The maximum Gasteiger partial charge on any atom is 0.0113 e. The van der Waals surface area contributed by atoms with Crippen molar-refractivity contribution in [3.05, 3.63) is 6.92 Å². The molecule has 111 valence electrons. The lowest BCUT2D eigenvalue weighted by molar-refractivity contribution is 0.0909. The predicted octanol–water partition coefficient (Wildman–Crippen LogP) is 0.464. The molecule has 4 heteroatoms. The van der Waals surface area contributed by atoms with Crippen molar-refractivity contribution in [1.82, 2.24) is 19.6 Å². The van der Waals surface area contributed by atoms with Gasteiger partial charge in [0.15, 0.2) is 0 Å². The van der Waals surface area contributed by atoms with E-state index in [1.807, 2.05) is 0 Å². The minimum absolute atomic E-state index is 0.688. The van der Waals surface area contributed by atoms with E-state index in [1.165, 1.54) is 65.3 Å². The summed E-state index contributed by atoms with van der Waals surface area (Å²) in [7, 11) is 4.45. The standard InChI is InChI=1S/C15H31N4/c1-4-15(19-13-9-17(3)10-14-19)5-6-18-11-7-16(2)8-12-18/h15H,1,4-14H2,2-3H3. The lowest BCUT2D eigenvalue weighted by atomic mass is 10.1. The van der Waals surface area contributed by atoms with Crippen LogP contribution in [-0.2, 0) is 0 Å². The number of hydrogen-bond donors (Lipinski definition) is 0. The van der Waals surface area contributed by atoms with E-state index in [4.69, 9.17) is 0 Å². The number of piperazine rings is 2. The minimum Gasteiger partial charge on any atom is -0.304 e. The van der Waals surface area contributed by atoms with Gasteiger partial charge in [0.25, 0.3) is 0 Å². The van der Waals surface area contributed by atoms with Gasteiger partial charge < -0.3 is 14.7 Å².